The molecule has 6 heteroatoms. The summed E-state index contributed by atoms with van der Waals surface area (Å²) in [5.74, 6) is 0.825. The maximum Gasteiger partial charge on any atom is 0.191 e. The van der Waals surface area contributed by atoms with Crippen LogP contribution in [0, 0.1) is 0 Å². The Hall–Kier alpha value is -0.560. The van der Waals surface area contributed by atoms with E-state index in [4.69, 9.17) is 11.6 Å². The molecule has 0 saturated carbocycles. The molecule has 0 aliphatic rings. The Labute approximate surface area is 143 Å². The van der Waals surface area contributed by atoms with Crippen LogP contribution in [0.1, 0.15) is 38.2 Å². The fraction of sp³-hybridized carbons (Fsp3) is 0.571. The third-order valence-corrected chi connectivity index (χ3v) is 3.02. The Kier molecular flexibility index (Phi) is 11.9. The molecule has 20 heavy (non-hydrogen) atoms. The van der Waals surface area contributed by atoms with Crippen molar-refractivity contribution in [2.45, 2.75) is 39.2 Å². The minimum atomic E-state index is 0. The molecule has 114 valence electrons. The average molecular weight is 411 g/mol. The van der Waals surface area contributed by atoms with E-state index in [1.165, 1.54) is 25.7 Å². The van der Waals surface area contributed by atoms with E-state index < -0.39 is 0 Å². The molecule has 4 nitrogen and oxygen atoms in total. The lowest BCUT2D eigenvalue weighted by atomic mass is 10.2. The second-order valence-corrected chi connectivity index (χ2v) is 4.79. The van der Waals surface area contributed by atoms with Gasteiger partial charge in [-0.1, -0.05) is 43.9 Å². The number of guanidine groups is 1. The zero-order valence-corrected chi connectivity index (χ0v) is 15.2. The zero-order chi connectivity index (χ0) is 13.9. The first-order valence-electron chi connectivity index (χ1n) is 6.81. The molecule has 1 aromatic rings. The topological polar surface area (TPSA) is 49.3 Å². The van der Waals surface area contributed by atoms with Gasteiger partial charge in [-0.25, -0.2) is 4.98 Å². The Morgan fingerprint density at radius 1 is 1.25 bits per heavy atom. The monoisotopic (exact) mass is 410 g/mol. The molecule has 0 amide bonds. The van der Waals surface area contributed by atoms with Gasteiger partial charge < -0.3 is 10.6 Å². The van der Waals surface area contributed by atoms with Gasteiger partial charge in [-0.3, -0.25) is 4.99 Å². The average Bonchev–Trinajstić information content (AvgIpc) is 2.44. The van der Waals surface area contributed by atoms with Crippen molar-refractivity contribution in [1.82, 2.24) is 15.6 Å². The predicted molar refractivity (Wildman–Crippen MR) is 97.0 cm³/mol. The SMILES string of the molecule is CCCCCCNC(=NC)NCc1ccc(Cl)nc1.I. The van der Waals surface area contributed by atoms with Crippen molar-refractivity contribution in [3.8, 4) is 0 Å². The van der Waals surface area contributed by atoms with E-state index in [0.717, 1.165) is 18.1 Å². The van der Waals surface area contributed by atoms with Gasteiger partial charge in [0, 0.05) is 26.3 Å². The van der Waals surface area contributed by atoms with Crippen LogP contribution in [-0.4, -0.2) is 24.5 Å². The third kappa shape index (κ3) is 8.58. The summed E-state index contributed by atoms with van der Waals surface area (Å²) in [4.78, 5) is 8.23. The Morgan fingerprint density at radius 3 is 2.65 bits per heavy atom. The normalized spacial score (nSPS) is 10.8. The molecule has 0 radical (unpaired) electrons. The van der Waals surface area contributed by atoms with Gasteiger partial charge in [0.05, 0.1) is 0 Å². The maximum atomic E-state index is 5.74. The predicted octanol–water partition coefficient (Wildman–Crippen LogP) is 3.60. The van der Waals surface area contributed by atoms with Crippen molar-refractivity contribution < 1.29 is 0 Å². The summed E-state index contributed by atoms with van der Waals surface area (Å²) in [6.45, 7) is 3.87. The molecule has 1 heterocycles. The first kappa shape index (κ1) is 19.4. The van der Waals surface area contributed by atoms with E-state index in [-0.39, 0.29) is 24.0 Å². The summed E-state index contributed by atoms with van der Waals surface area (Å²) < 4.78 is 0. The van der Waals surface area contributed by atoms with Crippen molar-refractivity contribution in [1.29, 1.82) is 0 Å². The van der Waals surface area contributed by atoms with Gasteiger partial charge in [0.2, 0.25) is 0 Å². The number of aliphatic imine (C=N–C) groups is 1. The molecule has 0 saturated heterocycles. The largest absolute Gasteiger partial charge is 0.356 e. The number of nitrogens with one attached hydrogen (secondary N) is 2. The molecule has 0 aliphatic heterocycles. The van der Waals surface area contributed by atoms with Crippen LogP contribution in [0.4, 0.5) is 0 Å². The van der Waals surface area contributed by atoms with Gasteiger partial charge in [0.25, 0.3) is 0 Å². The smallest absolute Gasteiger partial charge is 0.191 e. The summed E-state index contributed by atoms with van der Waals surface area (Å²) >= 11 is 5.74. The summed E-state index contributed by atoms with van der Waals surface area (Å²) in [6, 6.07) is 3.75. The number of rotatable bonds is 7. The van der Waals surface area contributed by atoms with Crippen LogP contribution >= 0.6 is 35.6 Å². The molecule has 0 bridgehead atoms. The van der Waals surface area contributed by atoms with Crippen LogP contribution in [0.25, 0.3) is 0 Å². The van der Waals surface area contributed by atoms with Crippen molar-refractivity contribution in [3.63, 3.8) is 0 Å². The van der Waals surface area contributed by atoms with E-state index in [1.54, 1.807) is 19.3 Å². The van der Waals surface area contributed by atoms with Crippen molar-refractivity contribution in [3.05, 3.63) is 29.0 Å². The van der Waals surface area contributed by atoms with Crippen LogP contribution in [-0.2, 0) is 6.54 Å². The molecular weight excluding hydrogens is 387 g/mol. The number of hydrogen-bond donors (Lipinski definition) is 2. The Morgan fingerprint density at radius 2 is 2.05 bits per heavy atom. The van der Waals surface area contributed by atoms with E-state index in [2.05, 4.69) is 27.5 Å². The highest BCUT2D eigenvalue weighted by molar-refractivity contribution is 14.0. The lowest BCUT2D eigenvalue weighted by molar-refractivity contribution is 0.647. The molecular formula is C14H24ClIN4. The summed E-state index contributed by atoms with van der Waals surface area (Å²) in [7, 11) is 1.78. The van der Waals surface area contributed by atoms with Gasteiger partial charge in [0.15, 0.2) is 5.96 Å². The molecule has 0 fully saturated rings. The standard InChI is InChI=1S/C14H23ClN4.HI/c1-3-4-5-6-9-17-14(16-2)19-11-12-7-8-13(15)18-10-12;/h7-8,10H,3-6,9,11H2,1-2H3,(H2,16,17,19);1H. The van der Waals surface area contributed by atoms with Gasteiger partial charge in [-0.2, -0.15) is 0 Å². The summed E-state index contributed by atoms with van der Waals surface area (Å²) in [5, 5.41) is 7.07. The van der Waals surface area contributed by atoms with Crippen LogP contribution < -0.4 is 10.6 Å². The van der Waals surface area contributed by atoms with E-state index in [0.29, 0.717) is 11.7 Å². The molecule has 0 spiro atoms. The van der Waals surface area contributed by atoms with Crippen LogP contribution in [0.5, 0.6) is 0 Å². The molecule has 0 aromatic carbocycles. The number of nitrogens with zero attached hydrogens (tertiary/aromatic N) is 2. The van der Waals surface area contributed by atoms with Crippen LogP contribution in [0.15, 0.2) is 23.3 Å². The second kappa shape index (κ2) is 12.2. The first-order chi connectivity index (χ1) is 9.26. The summed E-state index contributed by atoms with van der Waals surface area (Å²) in [6.07, 6.45) is 6.77. The van der Waals surface area contributed by atoms with Crippen LogP contribution in [0.3, 0.4) is 0 Å². The molecule has 1 aromatic heterocycles. The van der Waals surface area contributed by atoms with E-state index in [9.17, 15) is 0 Å². The van der Waals surface area contributed by atoms with Gasteiger partial charge in [0.1, 0.15) is 5.15 Å². The molecule has 0 atom stereocenters. The molecule has 2 N–H and O–H groups in total. The zero-order valence-electron chi connectivity index (χ0n) is 12.2. The Balaban J connectivity index is 0.00000361. The lowest BCUT2D eigenvalue weighted by Gasteiger charge is -2.11. The maximum absolute atomic E-state index is 5.74. The number of halogens is 2. The van der Waals surface area contributed by atoms with Gasteiger partial charge in [-0.05, 0) is 18.1 Å². The number of hydrogen-bond acceptors (Lipinski definition) is 2. The van der Waals surface area contributed by atoms with Crippen LogP contribution in [0.2, 0.25) is 5.15 Å². The Bertz CT molecular complexity index is 381. The fourth-order valence-corrected chi connectivity index (χ4v) is 1.79. The number of aromatic nitrogens is 1. The lowest BCUT2D eigenvalue weighted by Crippen LogP contribution is -2.37. The van der Waals surface area contributed by atoms with E-state index in [1.807, 2.05) is 6.07 Å². The van der Waals surface area contributed by atoms with Gasteiger partial charge in [-0.15, -0.1) is 24.0 Å². The van der Waals surface area contributed by atoms with Crippen molar-refractivity contribution >= 4 is 41.5 Å². The van der Waals surface area contributed by atoms with Gasteiger partial charge >= 0.3 is 0 Å². The quantitative estimate of drug-likeness (QED) is 0.237. The fourth-order valence-electron chi connectivity index (χ4n) is 1.68. The second-order valence-electron chi connectivity index (χ2n) is 4.40. The molecule has 0 unspecified atom stereocenters. The van der Waals surface area contributed by atoms with Crippen molar-refractivity contribution in [2.75, 3.05) is 13.6 Å². The first-order valence-corrected chi connectivity index (χ1v) is 7.19. The minimum absolute atomic E-state index is 0. The summed E-state index contributed by atoms with van der Waals surface area (Å²) in [5.41, 5.74) is 1.08. The van der Waals surface area contributed by atoms with E-state index >= 15 is 0 Å². The third-order valence-electron chi connectivity index (χ3n) is 2.79. The highest BCUT2D eigenvalue weighted by Crippen LogP contribution is 2.04. The molecule has 1 rings (SSSR count). The number of unbranched alkanes of at least 4 members (excludes halogenated alkanes) is 3. The number of pyridine rings is 1. The highest BCUT2D eigenvalue weighted by atomic mass is 127. The minimum Gasteiger partial charge on any atom is -0.356 e. The highest BCUT2D eigenvalue weighted by Gasteiger charge is 1.98. The van der Waals surface area contributed by atoms with Crippen molar-refractivity contribution in [2.24, 2.45) is 4.99 Å². The molecule has 0 aliphatic carbocycles.